The van der Waals surface area contributed by atoms with Gasteiger partial charge in [-0.3, -0.25) is 4.79 Å². The number of halogens is 1. The van der Waals surface area contributed by atoms with Crippen molar-refractivity contribution in [3.05, 3.63) is 42.0 Å². The molecule has 2 rings (SSSR count). The Bertz CT molecular complexity index is 586. The molecule has 1 aromatic rings. The van der Waals surface area contributed by atoms with E-state index in [4.69, 9.17) is 0 Å². The van der Waals surface area contributed by atoms with Crippen LogP contribution in [-0.4, -0.2) is 49.5 Å². The zero-order chi connectivity index (χ0) is 17.2. The van der Waals surface area contributed by atoms with Gasteiger partial charge in [0.1, 0.15) is 6.54 Å². The molecule has 0 saturated heterocycles. The molecule has 0 atom stereocenters. The van der Waals surface area contributed by atoms with E-state index in [-0.39, 0.29) is 36.4 Å². The maximum atomic E-state index is 11.8. The monoisotopic (exact) mass is 456 g/mol. The third-order valence-corrected chi connectivity index (χ3v) is 3.93. The standard InChI is InChI=1S/C19H28N4O.HI/c1-3-12-21-18(24)15-22-19(20-4-2)23-13-10-17(11-14-23)16-8-6-5-7-9-16;/h5-10H,3-4,11-15H2,1-2H3,(H,20,22)(H,21,24);1H. The molecular formula is C19H29IN4O. The molecule has 0 aliphatic carbocycles. The second-order valence-corrected chi connectivity index (χ2v) is 5.81. The van der Waals surface area contributed by atoms with Gasteiger partial charge in [-0.2, -0.15) is 0 Å². The molecule has 1 heterocycles. The number of aliphatic imine (C=N–C) groups is 1. The maximum absolute atomic E-state index is 11.8. The van der Waals surface area contributed by atoms with Gasteiger partial charge in [-0.25, -0.2) is 4.99 Å². The predicted molar refractivity (Wildman–Crippen MR) is 115 cm³/mol. The molecule has 0 aromatic heterocycles. The van der Waals surface area contributed by atoms with Gasteiger partial charge in [-0.1, -0.05) is 43.3 Å². The molecule has 0 bridgehead atoms. The summed E-state index contributed by atoms with van der Waals surface area (Å²) in [5, 5.41) is 6.14. The van der Waals surface area contributed by atoms with Crippen LogP contribution >= 0.6 is 24.0 Å². The fraction of sp³-hybridized carbons (Fsp3) is 0.474. The van der Waals surface area contributed by atoms with Crippen molar-refractivity contribution in [3.63, 3.8) is 0 Å². The van der Waals surface area contributed by atoms with Crippen LogP contribution in [0.4, 0.5) is 0 Å². The van der Waals surface area contributed by atoms with E-state index >= 15 is 0 Å². The van der Waals surface area contributed by atoms with Crippen molar-refractivity contribution in [3.8, 4) is 0 Å². The Labute approximate surface area is 168 Å². The lowest BCUT2D eigenvalue weighted by molar-refractivity contribution is -0.119. The predicted octanol–water partition coefficient (Wildman–Crippen LogP) is 2.89. The van der Waals surface area contributed by atoms with Gasteiger partial charge in [0.15, 0.2) is 5.96 Å². The molecule has 1 aliphatic rings. The summed E-state index contributed by atoms with van der Waals surface area (Å²) in [4.78, 5) is 18.4. The van der Waals surface area contributed by atoms with Crippen LogP contribution in [0.3, 0.4) is 0 Å². The average molecular weight is 456 g/mol. The maximum Gasteiger partial charge on any atom is 0.241 e. The van der Waals surface area contributed by atoms with Crippen molar-refractivity contribution in [1.29, 1.82) is 0 Å². The Morgan fingerprint density at radius 2 is 1.96 bits per heavy atom. The Hall–Kier alpha value is -1.57. The molecule has 0 saturated carbocycles. The largest absolute Gasteiger partial charge is 0.356 e. The molecule has 0 radical (unpaired) electrons. The minimum Gasteiger partial charge on any atom is -0.356 e. The number of nitrogens with one attached hydrogen (secondary N) is 2. The first-order chi connectivity index (χ1) is 11.7. The van der Waals surface area contributed by atoms with Crippen molar-refractivity contribution in [1.82, 2.24) is 15.5 Å². The van der Waals surface area contributed by atoms with Gasteiger partial charge in [0.2, 0.25) is 5.91 Å². The molecule has 138 valence electrons. The number of hydrogen-bond donors (Lipinski definition) is 2. The summed E-state index contributed by atoms with van der Waals surface area (Å²) >= 11 is 0. The first kappa shape index (κ1) is 21.5. The smallest absolute Gasteiger partial charge is 0.241 e. The second-order valence-electron chi connectivity index (χ2n) is 5.81. The van der Waals surface area contributed by atoms with Crippen LogP contribution < -0.4 is 10.6 Å². The number of guanidine groups is 1. The fourth-order valence-corrected chi connectivity index (χ4v) is 2.67. The van der Waals surface area contributed by atoms with Crippen molar-refractivity contribution in [2.45, 2.75) is 26.7 Å². The molecule has 0 fully saturated rings. The van der Waals surface area contributed by atoms with Crippen LogP contribution in [0.2, 0.25) is 0 Å². The normalized spacial score (nSPS) is 14.4. The topological polar surface area (TPSA) is 56.7 Å². The van der Waals surface area contributed by atoms with Gasteiger partial charge in [0, 0.05) is 26.2 Å². The molecule has 1 aromatic carbocycles. The highest BCUT2D eigenvalue weighted by molar-refractivity contribution is 14.0. The van der Waals surface area contributed by atoms with E-state index < -0.39 is 0 Å². The van der Waals surface area contributed by atoms with Crippen molar-refractivity contribution >= 4 is 41.4 Å². The molecule has 1 aliphatic heterocycles. The van der Waals surface area contributed by atoms with Crippen molar-refractivity contribution < 1.29 is 4.79 Å². The Morgan fingerprint density at radius 3 is 2.56 bits per heavy atom. The van der Waals surface area contributed by atoms with Crippen LogP contribution in [0.15, 0.2) is 41.4 Å². The molecule has 1 amide bonds. The molecule has 2 N–H and O–H groups in total. The summed E-state index contributed by atoms with van der Waals surface area (Å²) in [6.45, 7) is 7.47. The summed E-state index contributed by atoms with van der Waals surface area (Å²) in [7, 11) is 0. The zero-order valence-corrected chi connectivity index (χ0v) is 17.5. The first-order valence-electron chi connectivity index (χ1n) is 8.79. The van der Waals surface area contributed by atoms with E-state index in [1.165, 1.54) is 11.1 Å². The Kier molecular flexibility index (Phi) is 10.2. The SMILES string of the molecule is CCCNC(=O)CN=C(NCC)N1CC=C(c2ccccc2)CC1.I. The van der Waals surface area contributed by atoms with Crippen molar-refractivity contribution in [2.24, 2.45) is 4.99 Å². The van der Waals surface area contributed by atoms with Crippen LogP contribution in [0, 0.1) is 0 Å². The number of benzene rings is 1. The zero-order valence-electron chi connectivity index (χ0n) is 15.1. The van der Waals surface area contributed by atoms with Gasteiger partial charge in [0.25, 0.3) is 0 Å². The number of carbonyl (C=O) groups excluding carboxylic acids is 1. The van der Waals surface area contributed by atoms with Crippen LogP contribution in [0.25, 0.3) is 5.57 Å². The minimum atomic E-state index is -0.0234. The van der Waals surface area contributed by atoms with Gasteiger partial charge in [-0.15, -0.1) is 24.0 Å². The molecule has 0 unspecified atom stereocenters. The van der Waals surface area contributed by atoms with E-state index in [1.54, 1.807) is 0 Å². The summed E-state index contributed by atoms with van der Waals surface area (Å²) in [6.07, 6.45) is 4.17. The lowest BCUT2D eigenvalue weighted by atomic mass is 10.00. The van der Waals surface area contributed by atoms with Crippen molar-refractivity contribution in [2.75, 3.05) is 32.7 Å². The number of carbonyl (C=O) groups is 1. The molecule has 5 nitrogen and oxygen atoms in total. The highest BCUT2D eigenvalue weighted by atomic mass is 127. The number of nitrogens with zero attached hydrogens (tertiary/aromatic N) is 2. The lowest BCUT2D eigenvalue weighted by Gasteiger charge is -2.29. The van der Waals surface area contributed by atoms with E-state index in [0.29, 0.717) is 6.54 Å². The van der Waals surface area contributed by atoms with Gasteiger partial charge < -0.3 is 15.5 Å². The average Bonchev–Trinajstić information content (AvgIpc) is 2.64. The minimum absolute atomic E-state index is 0. The Morgan fingerprint density at radius 1 is 1.20 bits per heavy atom. The first-order valence-corrected chi connectivity index (χ1v) is 8.79. The lowest BCUT2D eigenvalue weighted by Crippen LogP contribution is -2.44. The van der Waals surface area contributed by atoms with Gasteiger partial charge >= 0.3 is 0 Å². The van der Waals surface area contributed by atoms with E-state index in [1.807, 2.05) is 19.9 Å². The molecule has 6 heteroatoms. The highest BCUT2D eigenvalue weighted by Gasteiger charge is 2.16. The number of hydrogen-bond acceptors (Lipinski definition) is 2. The Balaban J connectivity index is 0.00000312. The van der Waals surface area contributed by atoms with Crippen LogP contribution in [0.1, 0.15) is 32.3 Å². The van der Waals surface area contributed by atoms with Gasteiger partial charge in [-0.05, 0) is 30.9 Å². The summed E-state index contributed by atoms with van der Waals surface area (Å²) in [5.41, 5.74) is 2.67. The summed E-state index contributed by atoms with van der Waals surface area (Å²) in [5.74, 6) is 0.789. The number of rotatable bonds is 6. The van der Waals surface area contributed by atoms with Crippen LogP contribution in [0.5, 0.6) is 0 Å². The van der Waals surface area contributed by atoms with E-state index in [0.717, 1.165) is 38.4 Å². The summed E-state index contributed by atoms with van der Waals surface area (Å²) < 4.78 is 0. The van der Waals surface area contributed by atoms with E-state index in [9.17, 15) is 4.79 Å². The summed E-state index contributed by atoms with van der Waals surface area (Å²) in [6, 6.07) is 10.5. The third-order valence-electron chi connectivity index (χ3n) is 3.93. The fourth-order valence-electron chi connectivity index (χ4n) is 2.67. The number of amides is 1. The van der Waals surface area contributed by atoms with Crippen LogP contribution in [-0.2, 0) is 4.79 Å². The second kappa shape index (κ2) is 11.9. The molecule has 25 heavy (non-hydrogen) atoms. The third kappa shape index (κ3) is 7.05. The van der Waals surface area contributed by atoms with Gasteiger partial charge in [0.05, 0.1) is 0 Å². The highest BCUT2D eigenvalue weighted by Crippen LogP contribution is 2.21. The quantitative estimate of drug-likeness (QED) is 0.393. The molecule has 0 spiro atoms. The molecular weight excluding hydrogens is 427 g/mol. The van der Waals surface area contributed by atoms with E-state index in [2.05, 4.69) is 50.9 Å².